The molecular weight excluding hydrogens is 416 g/mol. The molecule has 0 aliphatic carbocycles. The van der Waals surface area contributed by atoms with Gasteiger partial charge in [0.05, 0.1) is 0 Å². The summed E-state index contributed by atoms with van der Waals surface area (Å²) in [6.07, 6.45) is 19.4. The first-order valence-corrected chi connectivity index (χ1v) is 13.0. The number of rotatable bonds is 18. The molecule has 6 nitrogen and oxygen atoms in total. The van der Waals surface area contributed by atoms with E-state index in [-0.39, 0.29) is 5.75 Å². The number of carbonyl (C=O) groups is 2. The zero-order chi connectivity index (χ0) is 24.2. The SMILES string of the molecule is CCCCCCCCCCCCCCCCCc1cccc(OC(=O)NC)c1OC(=O)NC. The van der Waals surface area contributed by atoms with Crippen LogP contribution >= 0.6 is 0 Å². The number of hydrogen-bond donors (Lipinski definition) is 2. The normalized spacial score (nSPS) is 10.6. The molecule has 0 saturated carbocycles. The van der Waals surface area contributed by atoms with Gasteiger partial charge in [-0.3, -0.25) is 0 Å². The minimum absolute atomic E-state index is 0.247. The van der Waals surface area contributed by atoms with Gasteiger partial charge in [0.15, 0.2) is 11.5 Å². The highest BCUT2D eigenvalue weighted by Gasteiger charge is 2.16. The zero-order valence-electron chi connectivity index (χ0n) is 21.2. The van der Waals surface area contributed by atoms with Crippen molar-refractivity contribution < 1.29 is 19.1 Å². The van der Waals surface area contributed by atoms with Crippen LogP contribution in [-0.2, 0) is 6.42 Å². The first-order chi connectivity index (χ1) is 16.1. The maximum absolute atomic E-state index is 11.8. The summed E-state index contributed by atoms with van der Waals surface area (Å²) >= 11 is 0. The Labute approximate surface area is 201 Å². The molecule has 0 heterocycles. The Hall–Kier alpha value is -2.24. The number of carbonyl (C=O) groups excluding carboxylic acids is 2. The first kappa shape index (κ1) is 28.8. The summed E-state index contributed by atoms with van der Waals surface area (Å²) in [5, 5.41) is 4.85. The third-order valence-electron chi connectivity index (χ3n) is 5.92. The van der Waals surface area contributed by atoms with Crippen LogP contribution in [0.5, 0.6) is 11.5 Å². The molecule has 1 aromatic rings. The third-order valence-corrected chi connectivity index (χ3v) is 5.92. The predicted octanol–water partition coefficient (Wildman–Crippen LogP) is 7.54. The van der Waals surface area contributed by atoms with Gasteiger partial charge in [-0.05, 0) is 24.5 Å². The van der Waals surface area contributed by atoms with Gasteiger partial charge in [0.1, 0.15) is 0 Å². The molecule has 6 heteroatoms. The zero-order valence-corrected chi connectivity index (χ0v) is 21.2. The Balaban J connectivity index is 2.23. The van der Waals surface area contributed by atoms with E-state index in [0.717, 1.165) is 24.8 Å². The summed E-state index contributed by atoms with van der Waals surface area (Å²) in [5.74, 6) is 0.558. The number of ether oxygens (including phenoxy) is 2. The molecule has 0 aromatic heterocycles. The van der Waals surface area contributed by atoms with Crippen LogP contribution < -0.4 is 20.1 Å². The van der Waals surface area contributed by atoms with Gasteiger partial charge in [0.2, 0.25) is 0 Å². The van der Waals surface area contributed by atoms with Crippen molar-refractivity contribution in [2.24, 2.45) is 0 Å². The van der Waals surface area contributed by atoms with Crippen LogP contribution in [0.25, 0.3) is 0 Å². The largest absolute Gasteiger partial charge is 0.412 e. The monoisotopic (exact) mass is 462 g/mol. The van der Waals surface area contributed by atoms with E-state index in [1.165, 1.54) is 97.6 Å². The van der Waals surface area contributed by atoms with E-state index in [9.17, 15) is 9.59 Å². The molecule has 188 valence electrons. The van der Waals surface area contributed by atoms with Crippen molar-refractivity contribution in [3.8, 4) is 11.5 Å². The maximum atomic E-state index is 11.8. The Kier molecular flexibility index (Phi) is 16.8. The average molecular weight is 463 g/mol. The second kappa shape index (κ2) is 19.2. The fourth-order valence-corrected chi connectivity index (χ4v) is 3.94. The molecule has 0 spiro atoms. The van der Waals surface area contributed by atoms with E-state index in [1.54, 1.807) is 6.07 Å². The summed E-state index contributed by atoms with van der Waals surface area (Å²) in [4.78, 5) is 23.4. The smallest absolute Gasteiger partial charge is 0.406 e. The molecule has 0 fully saturated rings. The lowest BCUT2D eigenvalue weighted by molar-refractivity contribution is 0.191. The molecule has 1 aromatic carbocycles. The number of aryl methyl sites for hydroxylation is 1. The van der Waals surface area contributed by atoms with Crippen molar-refractivity contribution in [1.82, 2.24) is 10.6 Å². The summed E-state index contributed by atoms with van der Waals surface area (Å²) in [7, 11) is 2.99. The molecule has 0 unspecified atom stereocenters. The summed E-state index contributed by atoms with van der Waals surface area (Å²) in [6, 6.07) is 5.36. The van der Waals surface area contributed by atoms with Crippen LogP contribution in [0.2, 0.25) is 0 Å². The van der Waals surface area contributed by atoms with E-state index in [0.29, 0.717) is 5.75 Å². The lowest BCUT2D eigenvalue weighted by atomic mass is 10.0. The first-order valence-electron chi connectivity index (χ1n) is 13.0. The van der Waals surface area contributed by atoms with Crippen molar-refractivity contribution in [2.45, 2.75) is 110 Å². The highest BCUT2D eigenvalue weighted by molar-refractivity contribution is 5.74. The minimum atomic E-state index is -0.596. The van der Waals surface area contributed by atoms with Crippen LogP contribution in [0.1, 0.15) is 109 Å². The van der Waals surface area contributed by atoms with Gasteiger partial charge in [-0.1, -0.05) is 109 Å². The second-order valence-corrected chi connectivity index (χ2v) is 8.72. The molecule has 2 amide bonds. The molecule has 2 N–H and O–H groups in total. The van der Waals surface area contributed by atoms with Gasteiger partial charge < -0.3 is 20.1 Å². The van der Waals surface area contributed by atoms with E-state index in [2.05, 4.69) is 17.6 Å². The highest BCUT2D eigenvalue weighted by Crippen LogP contribution is 2.33. The van der Waals surface area contributed by atoms with Gasteiger partial charge in [-0.15, -0.1) is 0 Å². The van der Waals surface area contributed by atoms with E-state index in [4.69, 9.17) is 9.47 Å². The molecule has 0 aliphatic rings. The predicted molar refractivity (Wildman–Crippen MR) is 135 cm³/mol. The van der Waals surface area contributed by atoms with Crippen molar-refractivity contribution in [2.75, 3.05) is 14.1 Å². The Morgan fingerprint density at radius 1 is 0.667 bits per heavy atom. The number of benzene rings is 1. The standard InChI is InChI=1S/C27H46N2O4/c1-4-5-6-7-8-9-10-11-12-13-14-15-16-17-18-20-23-21-19-22-24(32-26(30)28-2)25(23)33-27(31)29-3/h19,21-22H,4-18,20H2,1-3H3,(H,28,30)(H,29,31). The molecule has 0 bridgehead atoms. The molecule has 0 saturated heterocycles. The Morgan fingerprint density at radius 3 is 1.61 bits per heavy atom. The lowest BCUT2D eigenvalue weighted by Crippen LogP contribution is -2.25. The van der Waals surface area contributed by atoms with Crippen LogP contribution in [-0.4, -0.2) is 26.3 Å². The van der Waals surface area contributed by atoms with Gasteiger partial charge >= 0.3 is 12.2 Å². The number of nitrogens with one attached hydrogen (secondary N) is 2. The maximum Gasteiger partial charge on any atom is 0.412 e. The van der Waals surface area contributed by atoms with Crippen LogP contribution in [0, 0.1) is 0 Å². The number of hydrogen-bond acceptors (Lipinski definition) is 4. The summed E-state index contributed by atoms with van der Waals surface area (Å²) in [5.41, 5.74) is 0.870. The van der Waals surface area contributed by atoms with Gasteiger partial charge in [-0.25, -0.2) is 9.59 Å². The van der Waals surface area contributed by atoms with Gasteiger partial charge in [-0.2, -0.15) is 0 Å². The fourth-order valence-electron chi connectivity index (χ4n) is 3.94. The second-order valence-electron chi connectivity index (χ2n) is 8.72. The van der Waals surface area contributed by atoms with Crippen molar-refractivity contribution >= 4 is 12.2 Å². The molecule has 0 aliphatic heterocycles. The van der Waals surface area contributed by atoms with Crippen LogP contribution in [0.15, 0.2) is 18.2 Å². The van der Waals surface area contributed by atoms with Crippen LogP contribution in [0.4, 0.5) is 9.59 Å². The van der Waals surface area contributed by atoms with E-state index >= 15 is 0 Å². The minimum Gasteiger partial charge on any atom is -0.406 e. The van der Waals surface area contributed by atoms with Gasteiger partial charge in [0, 0.05) is 14.1 Å². The Bertz CT molecular complexity index is 664. The topological polar surface area (TPSA) is 76.7 Å². The van der Waals surface area contributed by atoms with Crippen molar-refractivity contribution in [3.63, 3.8) is 0 Å². The quantitative estimate of drug-likeness (QED) is 0.221. The van der Waals surface area contributed by atoms with Gasteiger partial charge in [0.25, 0.3) is 0 Å². The number of amides is 2. The van der Waals surface area contributed by atoms with Crippen LogP contribution in [0.3, 0.4) is 0 Å². The molecule has 0 radical (unpaired) electrons. The Morgan fingerprint density at radius 2 is 1.12 bits per heavy atom. The van der Waals surface area contributed by atoms with E-state index in [1.807, 2.05) is 12.1 Å². The molecular formula is C27H46N2O4. The van der Waals surface area contributed by atoms with Crippen molar-refractivity contribution in [3.05, 3.63) is 23.8 Å². The number of para-hydroxylation sites is 1. The number of unbranched alkanes of at least 4 members (excludes halogenated alkanes) is 14. The summed E-state index contributed by atoms with van der Waals surface area (Å²) < 4.78 is 10.6. The summed E-state index contributed by atoms with van der Waals surface area (Å²) in [6.45, 7) is 2.27. The third kappa shape index (κ3) is 13.8. The molecule has 0 atom stereocenters. The molecule has 1 rings (SSSR count). The lowest BCUT2D eigenvalue weighted by Gasteiger charge is -2.14. The molecule has 33 heavy (non-hydrogen) atoms. The average Bonchev–Trinajstić information content (AvgIpc) is 2.82. The van der Waals surface area contributed by atoms with E-state index < -0.39 is 12.2 Å². The highest BCUT2D eigenvalue weighted by atomic mass is 16.6. The fraction of sp³-hybridized carbons (Fsp3) is 0.704. The van der Waals surface area contributed by atoms with Crippen molar-refractivity contribution in [1.29, 1.82) is 0 Å².